The molecule has 0 saturated heterocycles. The van der Waals surface area contributed by atoms with Gasteiger partial charge in [0.25, 0.3) is 0 Å². The van der Waals surface area contributed by atoms with Crippen LogP contribution in [-0.2, 0) is 24.1 Å². The monoisotopic (exact) mass is 468 g/mol. The van der Waals surface area contributed by atoms with Crippen LogP contribution in [0.4, 0.5) is 19.0 Å². The number of anilines is 1. The van der Waals surface area contributed by atoms with Crippen molar-refractivity contribution in [3.63, 3.8) is 0 Å². The SMILES string of the molecule is CCOCc1nc2c(N)nc3cc(/C=C/c4ccc(C(F)(F)F)cc4)ccc3c2n1CC(C)C. The molecule has 2 N–H and O–H groups in total. The summed E-state index contributed by atoms with van der Waals surface area (Å²) in [5.41, 5.74) is 9.49. The van der Waals surface area contributed by atoms with Gasteiger partial charge in [-0.1, -0.05) is 50.3 Å². The third kappa shape index (κ3) is 4.92. The third-order valence-electron chi connectivity index (χ3n) is 5.50. The van der Waals surface area contributed by atoms with Crippen LogP contribution in [0.1, 0.15) is 43.3 Å². The molecule has 0 spiro atoms. The number of nitrogens with two attached hydrogens (primary N) is 1. The Bertz CT molecular complexity index is 1340. The molecule has 4 rings (SSSR count). The lowest BCUT2D eigenvalue weighted by atomic mass is 10.1. The van der Waals surface area contributed by atoms with Gasteiger partial charge in [-0.05, 0) is 42.2 Å². The molecule has 0 radical (unpaired) electrons. The van der Waals surface area contributed by atoms with Gasteiger partial charge in [0, 0.05) is 18.5 Å². The van der Waals surface area contributed by atoms with Crippen molar-refractivity contribution in [2.45, 2.75) is 40.1 Å². The summed E-state index contributed by atoms with van der Waals surface area (Å²) in [6, 6.07) is 10.9. The van der Waals surface area contributed by atoms with Crippen LogP contribution in [0, 0.1) is 5.92 Å². The average molecular weight is 469 g/mol. The predicted octanol–water partition coefficient (Wildman–Crippen LogP) is 6.55. The van der Waals surface area contributed by atoms with Crippen LogP contribution in [0.3, 0.4) is 0 Å². The van der Waals surface area contributed by atoms with Crippen molar-refractivity contribution >= 4 is 39.9 Å². The maximum Gasteiger partial charge on any atom is 0.416 e. The Hall–Kier alpha value is -3.39. The molecule has 178 valence electrons. The Labute approximate surface area is 196 Å². The molecule has 8 heteroatoms. The van der Waals surface area contributed by atoms with E-state index in [2.05, 4.69) is 23.4 Å². The molecule has 0 aliphatic carbocycles. The number of alkyl halides is 3. The number of rotatable bonds is 7. The molecule has 0 amide bonds. The van der Waals surface area contributed by atoms with E-state index in [4.69, 9.17) is 15.5 Å². The van der Waals surface area contributed by atoms with Gasteiger partial charge in [-0.15, -0.1) is 0 Å². The highest BCUT2D eigenvalue weighted by Crippen LogP contribution is 2.31. The predicted molar refractivity (Wildman–Crippen MR) is 130 cm³/mol. The molecular formula is C26H27F3N4O. The molecule has 0 atom stereocenters. The normalized spacial score (nSPS) is 12.6. The van der Waals surface area contributed by atoms with Gasteiger partial charge in [0.15, 0.2) is 5.82 Å². The van der Waals surface area contributed by atoms with Gasteiger partial charge in [-0.3, -0.25) is 0 Å². The molecule has 5 nitrogen and oxygen atoms in total. The zero-order valence-electron chi connectivity index (χ0n) is 19.4. The Balaban J connectivity index is 1.73. The van der Waals surface area contributed by atoms with Crippen molar-refractivity contribution in [3.8, 4) is 0 Å². The lowest BCUT2D eigenvalue weighted by Gasteiger charge is -2.13. The first-order valence-corrected chi connectivity index (χ1v) is 11.2. The highest BCUT2D eigenvalue weighted by Gasteiger charge is 2.29. The summed E-state index contributed by atoms with van der Waals surface area (Å²) >= 11 is 0. The fraction of sp³-hybridized carbons (Fsp3) is 0.308. The highest BCUT2D eigenvalue weighted by atomic mass is 19.4. The van der Waals surface area contributed by atoms with E-state index in [9.17, 15) is 13.2 Å². The van der Waals surface area contributed by atoms with Gasteiger partial charge in [0.1, 0.15) is 17.9 Å². The van der Waals surface area contributed by atoms with Crippen LogP contribution in [0.15, 0.2) is 42.5 Å². The average Bonchev–Trinajstić information content (AvgIpc) is 3.14. The van der Waals surface area contributed by atoms with Gasteiger partial charge in [0.2, 0.25) is 0 Å². The minimum absolute atomic E-state index is 0.353. The number of hydrogen-bond donors (Lipinski definition) is 1. The first-order valence-electron chi connectivity index (χ1n) is 11.2. The Morgan fingerprint density at radius 2 is 1.71 bits per heavy atom. The maximum atomic E-state index is 12.8. The zero-order chi connectivity index (χ0) is 24.5. The van der Waals surface area contributed by atoms with E-state index in [-0.39, 0.29) is 0 Å². The fourth-order valence-electron chi connectivity index (χ4n) is 3.92. The number of imidazole rings is 1. The van der Waals surface area contributed by atoms with Crippen molar-refractivity contribution in [2.24, 2.45) is 5.92 Å². The number of nitrogens with zero attached hydrogens (tertiary/aromatic N) is 3. The second-order valence-electron chi connectivity index (χ2n) is 8.59. The van der Waals surface area contributed by atoms with Crippen LogP contribution < -0.4 is 5.73 Å². The summed E-state index contributed by atoms with van der Waals surface area (Å²) in [4.78, 5) is 9.31. The number of ether oxygens (including phenoxy) is 1. The van der Waals surface area contributed by atoms with E-state index < -0.39 is 11.7 Å². The summed E-state index contributed by atoms with van der Waals surface area (Å²) in [5.74, 6) is 1.57. The van der Waals surface area contributed by atoms with Crippen molar-refractivity contribution < 1.29 is 17.9 Å². The molecule has 0 aliphatic rings. The fourth-order valence-corrected chi connectivity index (χ4v) is 3.92. The molecule has 0 saturated carbocycles. The first kappa shape index (κ1) is 23.8. The van der Waals surface area contributed by atoms with Gasteiger partial charge in [-0.25, -0.2) is 9.97 Å². The number of halogens is 3. The number of pyridine rings is 1. The van der Waals surface area contributed by atoms with Crippen molar-refractivity contribution in [1.29, 1.82) is 0 Å². The quantitative estimate of drug-likeness (QED) is 0.313. The maximum absolute atomic E-state index is 12.8. The number of fused-ring (bicyclic) bond motifs is 3. The molecule has 0 fully saturated rings. The second-order valence-corrected chi connectivity index (χ2v) is 8.59. The first-order chi connectivity index (χ1) is 16.2. The summed E-state index contributed by atoms with van der Waals surface area (Å²) in [5, 5.41) is 0.937. The van der Waals surface area contributed by atoms with E-state index in [0.717, 1.165) is 46.5 Å². The molecule has 0 unspecified atom stereocenters. The molecule has 2 heterocycles. The van der Waals surface area contributed by atoms with Gasteiger partial charge >= 0.3 is 6.18 Å². The number of aromatic nitrogens is 3. The van der Waals surface area contributed by atoms with E-state index in [0.29, 0.717) is 36.0 Å². The van der Waals surface area contributed by atoms with Gasteiger partial charge in [-0.2, -0.15) is 13.2 Å². The Kier molecular flexibility index (Phi) is 6.61. The molecule has 4 aromatic rings. The molecule has 34 heavy (non-hydrogen) atoms. The largest absolute Gasteiger partial charge is 0.416 e. The van der Waals surface area contributed by atoms with Crippen LogP contribution in [0.5, 0.6) is 0 Å². The number of benzene rings is 2. The zero-order valence-corrected chi connectivity index (χ0v) is 19.4. The van der Waals surface area contributed by atoms with Gasteiger partial charge in [0.05, 0.1) is 16.6 Å². The lowest BCUT2D eigenvalue weighted by molar-refractivity contribution is -0.137. The highest BCUT2D eigenvalue weighted by molar-refractivity contribution is 6.07. The Morgan fingerprint density at radius 1 is 1.03 bits per heavy atom. The smallest absolute Gasteiger partial charge is 0.382 e. The van der Waals surface area contributed by atoms with Crippen LogP contribution in [0.25, 0.3) is 34.1 Å². The van der Waals surface area contributed by atoms with Crippen molar-refractivity contribution in [3.05, 3.63) is 65.0 Å². The summed E-state index contributed by atoms with van der Waals surface area (Å²) < 4.78 is 46.1. The molecule has 0 aliphatic heterocycles. The minimum atomic E-state index is -4.35. The van der Waals surface area contributed by atoms with Crippen molar-refractivity contribution in [2.75, 3.05) is 12.3 Å². The van der Waals surface area contributed by atoms with E-state index in [1.807, 2.05) is 31.2 Å². The molecule has 2 aromatic heterocycles. The summed E-state index contributed by atoms with van der Waals surface area (Å²) in [7, 11) is 0. The number of nitrogen functional groups attached to an aromatic ring is 1. The third-order valence-corrected chi connectivity index (χ3v) is 5.50. The van der Waals surface area contributed by atoms with Crippen molar-refractivity contribution in [1.82, 2.24) is 14.5 Å². The Morgan fingerprint density at radius 3 is 2.35 bits per heavy atom. The molecule has 2 aromatic carbocycles. The van der Waals surface area contributed by atoms with Crippen LogP contribution in [-0.4, -0.2) is 21.1 Å². The standard InChI is InChI=1S/C26H27F3N4O/c1-4-34-15-22-32-23-24(33(22)14-16(2)3)20-12-9-18(13-21(20)31-25(23)30)6-5-17-7-10-19(11-8-17)26(27,28)29/h5-13,16H,4,14-15H2,1-3H3,(H2,30,31)/b6-5+. The topological polar surface area (TPSA) is 66.0 Å². The van der Waals surface area contributed by atoms with Crippen LogP contribution >= 0.6 is 0 Å². The summed E-state index contributed by atoms with van der Waals surface area (Å²) in [6.07, 6.45) is -0.732. The van der Waals surface area contributed by atoms with E-state index >= 15 is 0 Å². The molecule has 0 bridgehead atoms. The van der Waals surface area contributed by atoms with E-state index in [1.54, 1.807) is 6.08 Å². The minimum Gasteiger partial charge on any atom is -0.382 e. The second kappa shape index (κ2) is 9.46. The number of hydrogen-bond acceptors (Lipinski definition) is 4. The lowest BCUT2D eigenvalue weighted by Crippen LogP contribution is -2.10. The van der Waals surface area contributed by atoms with Gasteiger partial charge < -0.3 is 15.0 Å². The van der Waals surface area contributed by atoms with Crippen LogP contribution in [0.2, 0.25) is 0 Å². The summed E-state index contributed by atoms with van der Waals surface area (Å²) in [6.45, 7) is 7.99. The molecular weight excluding hydrogens is 441 g/mol. The van der Waals surface area contributed by atoms with E-state index in [1.165, 1.54) is 12.1 Å².